The zero-order valence-electron chi connectivity index (χ0n) is 10.5. The monoisotopic (exact) mass is 284 g/mol. The second-order valence-electron chi connectivity index (χ2n) is 4.51. The van der Waals surface area contributed by atoms with Gasteiger partial charge < -0.3 is 10.6 Å². The molecule has 1 saturated carbocycles. The highest BCUT2D eigenvalue weighted by Crippen LogP contribution is 2.46. The minimum absolute atomic E-state index is 0.0674. The topological polar surface area (TPSA) is 41.1 Å². The predicted octanol–water partition coefficient (Wildman–Crippen LogP) is 3.01. The maximum absolute atomic E-state index is 12.1. The van der Waals surface area contributed by atoms with E-state index in [0.29, 0.717) is 10.6 Å². The molecule has 0 spiro atoms. The van der Waals surface area contributed by atoms with E-state index in [2.05, 4.69) is 16.9 Å². The number of thioether (sulfide) groups is 1. The van der Waals surface area contributed by atoms with Crippen molar-refractivity contribution in [2.24, 2.45) is 0 Å². The quantitative estimate of drug-likeness (QED) is 0.873. The molecule has 3 nitrogen and oxygen atoms in total. The van der Waals surface area contributed by atoms with Gasteiger partial charge in [0.15, 0.2) is 0 Å². The largest absolute Gasteiger partial charge is 0.387 e. The number of carbonyl (C=O) groups excluding carboxylic acids is 1. The predicted molar refractivity (Wildman–Crippen MR) is 78.8 cm³/mol. The molecule has 98 valence electrons. The van der Waals surface area contributed by atoms with E-state index >= 15 is 0 Å². The molecule has 0 atom stereocenters. The van der Waals surface area contributed by atoms with Gasteiger partial charge in [-0.1, -0.05) is 11.6 Å². The lowest BCUT2D eigenvalue weighted by atomic mass is 10.1. The standard InChI is InChI=1S/C13H17ClN2OS/c1-15-11-4-3-9(14)7-10(11)12(17)16-8-13(18-2)5-6-13/h3-4,7,15H,5-6,8H2,1-2H3,(H,16,17). The van der Waals surface area contributed by atoms with Crippen LogP contribution in [0.15, 0.2) is 18.2 Å². The highest BCUT2D eigenvalue weighted by atomic mass is 35.5. The van der Waals surface area contributed by atoms with Crippen LogP contribution in [-0.4, -0.2) is 30.5 Å². The third kappa shape index (κ3) is 2.93. The lowest BCUT2D eigenvalue weighted by Gasteiger charge is -2.14. The molecule has 1 aromatic carbocycles. The lowest BCUT2D eigenvalue weighted by molar-refractivity contribution is 0.0954. The Morgan fingerprint density at radius 1 is 1.50 bits per heavy atom. The number of halogens is 1. The van der Waals surface area contributed by atoms with Crippen molar-refractivity contribution in [1.29, 1.82) is 0 Å². The molecule has 0 aliphatic heterocycles. The molecule has 1 aliphatic carbocycles. The van der Waals surface area contributed by atoms with Crippen LogP contribution in [0.4, 0.5) is 5.69 Å². The molecule has 2 rings (SSSR count). The van der Waals surface area contributed by atoms with Crippen LogP contribution in [0.5, 0.6) is 0 Å². The molecule has 1 aliphatic rings. The molecular formula is C13H17ClN2OS. The van der Waals surface area contributed by atoms with E-state index in [9.17, 15) is 4.79 Å². The Morgan fingerprint density at radius 2 is 2.22 bits per heavy atom. The minimum atomic E-state index is -0.0674. The van der Waals surface area contributed by atoms with Crippen molar-refractivity contribution in [3.8, 4) is 0 Å². The maximum Gasteiger partial charge on any atom is 0.253 e. The van der Waals surface area contributed by atoms with Crippen molar-refractivity contribution in [1.82, 2.24) is 5.32 Å². The van der Waals surface area contributed by atoms with Crippen LogP contribution < -0.4 is 10.6 Å². The second kappa shape index (κ2) is 5.41. The first-order valence-electron chi connectivity index (χ1n) is 5.91. The number of hydrogen-bond acceptors (Lipinski definition) is 3. The normalized spacial score (nSPS) is 16.2. The van der Waals surface area contributed by atoms with Crippen LogP contribution in [0.2, 0.25) is 5.02 Å². The van der Waals surface area contributed by atoms with Crippen molar-refractivity contribution >= 4 is 35.0 Å². The summed E-state index contributed by atoms with van der Waals surface area (Å²) >= 11 is 7.77. The first-order chi connectivity index (χ1) is 8.60. The second-order valence-corrected chi connectivity index (χ2v) is 6.22. The van der Waals surface area contributed by atoms with Crippen molar-refractivity contribution in [3.63, 3.8) is 0 Å². The summed E-state index contributed by atoms with van der Waals surface area (Å²) in [6.07, 6.45) is 4.46. The third-order valence-corrected chi connectivity index (χ3v) is 4.96. The molecule has 0 radical (unpaired) electrons. The van der Waals surface area contributed by atoms with Gasteiger partial charge in [0.2, 0.25) is 0 Å². The Balaban J connectivity index is 2.06. The highest BCUT2D eigenvalue weighted by Gasteiger charge is 2.42. The molecule has 0 saturated heterocycles. The van der Waals surface area contributed by atoms with Gasteiger partial charge in [-0.2, -0.15) is 11.8 Å². The molecule has 0 bridgehead atoms. The van der Waals surface area contributed by atoms with Gasteiger partial charge in [0, 0.05) is 29.0 Å². The van der Waals surface area contributed by atoms with Crippen molar-refractivity contribution in [2.75, 3.05) is 25.2 Å². The molecule has 18 heavy (non-hydrogen) atoms. The summed E-state index contributed by atoms with van der Waals surface area (Å²) in [6, 6.07) is 5.29. The summed E-state index contributed by atoms with van der Waals surface area (Å²) in [5, 5.41) is 6.58. The number of amides is 1. The van der Waals surface area contributed by atoms with Gasteiger partial charge in [-0.05, 0) is 37.3 Å². The van der Waals surface area contributed by atoms with E-state index in [1.807, 2.05) is 17.8 Å². The summed E-state index contributed by atoms with van der Waals surface area (Å²) < 4.78 is 0.272. The first kappa shape index (κ1) is 13.6. The van der Waals surface area contributed by atoms with E-state index < -0.39 is 0 Å². The van der Waals surface area contributed by atoms with Crippen LogP contribution in [-0.2, 0) is 0 Å². The van der Waals surface area contributed by atoms with Gasteiger partial charge in [0.25, 0.3) is 5.91 Å². The Bertz CT molecular complexity index is 460. The molecule has 2 N–H and O–H groups in total. The minimum Gasteiger partial charge on any atom is -0.387 e. The van der Waals surface area contributed by atoms with Crippen LogP contribution in [0.3, 0.4) is 0 Å². The number of hydrogen-bond donors (Lipinski definition) is 2. The van der Waals surface area contributed by atoms with Crippen molar-refractivity contribution in [3.05, 3.63) is 28.8 Å². The van der Waals surface area contributed by atoms with Crippen LogP contribution in [0.25, 0.3) is 0 Å². The lowest BCUT2D eigenvalue weighted by Crippen LogP contribution is -2.32. The highest BCUT2D eigenvalue weighted by molar-refractivity contribution is 8.00. The molecule has 0 unspecified atom stereocenters. The molecule has 0 aromatic heterocycles. The zero-order chi connectivity index (χ0) is 13.2. The summed E-state index contributed by atoms with van der Waals surface area (Å²) in [4.78, 5) is 12.1. The molecule has 5 heteroatoms. The Morgan fingerprint density at radius 3 is 2.78 bits per heavy atom. The fourth-order valence-corrected chi connectivity index (χ4v) is 2.75. The summed E-state index contributed by atoms with van der Waals surface area (Å²) in [5.74, 6) is -0.0674. The number of carbonyl (C=O) groups is 1. The Kier molecular flexibility index (Phi) is 4.07. The molecule has 1 fully saturated rings. The average Bonchev–Trinajstić information content (AvgIpc) is 3.16. The van der Waals surface area contributed by atoms with Crippen molar-refractivity contribution < 1.29 is 4.79 Å². The zero-order valence-corrected chi connectivity index (χ0v) is 12.1. The van der Waals surface area contributed by atoms with Gasteiger partial charge in [0.05, 0.1) is 5.56 Å². The van der Waals surface area contributed by atoms with E-state index in [4.69, 9.17) is 11.6 Å². The summed E-state index contributed by atoms with van der Waals surface area (Å²) in [5.41, 5.74) is 1.40. The molecule has 1 amide bonds. The van der Waals surface area contributed by atoms with E-state index in [1.54, 1.807) is 19.2 Å². The van der Waals surface area contributed by atoms with Crippen molar-refractivity contribution in [2.45, 2.75) is 17.6 Å². The van der Waals surface area contributed by atoms with Gasteiger partial charge in [-0.3, -0.25) is 4.79 Å². The van der Waals surface area contributed by atoms with Gasteiger partial charge in [-0.25, -0.2) is 0 Å². The maximum atomic E-state index is 12.1. The molecule has 0 heterocycles. The van der Waals surface area contributed by atoms with Crippen LogP contribution in [0.1, 0.15) is 23.2 Å². The smallest absolute Gasteiger partial charge is 0.253 e. The van der Waals surface area contributed by atoms with Gasteiger partial charge in [0.1, 0.15) is 0 Å². The van der Waals surface area contributed by atoms with E-state index in [1.165, 1.54) is 12.8 Å². The van der Waals surface area contributed by atoms with Crippen LogP contribution >= 0.6 is 23.4 Å². The summed E-state index contributed by atoms with van der Waals surface area (Å²) in [6.45, 7) is 0.725. The van der Waals surface area contributed by atoms with E-state index in [0.717, 1.165) is 12.2 Å². The Hall–Kier alpha value is -0.870. The van der Waals surface area contributed by atoms with Gasteiger partial charge >= 0.3 is 0 Å². The fourth-order valence-electron chi connectivity index (χ4n) is 1.85. The number of anilines is 1. The third-order valence-electron chi connectivity index (χ3n) is 3.31. The fraction of sp³-hybridized carbons (Fsp3) is 0.462. The van der Waals surface area contributed by atoms with E-state index in [-0.39, 0.29) is 10.7 Å². The molecular weight excluding hydrogens is 268 g/mol. The average molecular weight is 285 g/mol. The SMILES string of the molecule is CNc1ccc(Cl)cc1C(=O)NCC1(SC)CC1. The number of nitrogens with one attached hydrogen (secondary N) is 2. The number of rotatable bonds is 5. The van der Waals surface area contributed by atoms with Gasteiger partial charge in [-0.15, -0.1) is 0 Å². The molecule has 1 aromatic rings. The first-order valence-corrected chi connectivity index (χ1v) is 7.51. The Labute approximate surface area is 117 Å². The number of benzene rings is 1. The van der Waals surface area contributed by atoms with Crippen LogP contribution in [0, 0.1) is 0 Å². The summed E-state index contributed by atoms with van der Waals surface area (Å²) in [7, 11) is 1.80.